The second-order valence-corrected chi connectivity index (χ2v) is 5.28. The van der Waals surface area contributed by atoms with E-state index >= 15 is 0 Å². The number of unbranched alkanes of at least 4 members (excludes halogenated alkanes) is 1. The molecule has 0 N–H and O–H groups in total. The Hall–Kier alpha value is -2.28. The molecule has 21 heavy (non-hydrogen) atoms. The van der Waals surface area contributed by atoms with Crippen molar-refractivity contribution in [3.8, 4) is 11.8 Å². The smallest absolute Gasteiger partial charge is 0.145 e. The minimum atomic E-state index is 0.623. The van der Waals surface area contributed by atoms with Crippen molar-refractivity contribution in [3.05, 3.63) is 29.5 Å². The number of aryl methyl sites for hydroxylation is 1. The highest BCUT2D eigenvalue weighted by molar-refractivity contribution is 5.98. The van der Waals surface area contributed by atoms with Gasteiger partial charge in [-0.05, 0) is 19.4 Å². The highest BCUT2D eigenvalue weighted by Crippen LogP contribution is 2.34. The van der Waals surface area contributed by atoms with Gasteiger partial charge in [0.1, 0.15) is 17.3 Å². The number of fused-ring (bicyclic) bond motifs is 1. The molecule has 4 nitrogen and oxygen atoms in total. The molecule has 0 spiro atoms. The topological polar surface area (TPSA) is 49.1 Å². The van der Waals surface area contributed by atoms with E-state index in [2.05, 4.69) is 18.0 Å². The molecular formula is C17H21N3O. The van der Waals surface area contributed by atoms with Crippen LogP contribution in [0.5, 0.6) is 5.75 Å². The minimum Gasteiger partial charge on any atom is -0.491 e. The molecule has 0 aliphatic rings. The second kappa shape index (κ2) is 6.45. The number of nitriles is 1. The largest absolute Gasteiger partial charge is 0.491 e. The third-order valence-corrected chi connectivity index (χ3v) is 3.45. The summed E-state index contributed by atoms with van der Waals surface area (Å²) in [6.45, 7) is 4.69. The lowest BCUT2D eigenvalue weighted by molar-refractivity contribution is 0.312. The molecule has 4 heteroatoms. The Kier molecular flexibility index (Phi) is 4.64. The van der Waals surface area contributed by atoms with Crippen LogP contribution in [0.4, 0.5) is 5.69 Å². The monoisotopic (exact) mass is 283 g/mol. The number of pyridine rings is 1. The van der Waals surface area contributed by atoms with Crippen LogP contribution >= 0.6 is 0 Å². The van der Waals surface area contributed by atoms with E-state index in [1.807, 2.05) is 44.1 Å². The van der Waals surface area contributed by atoms with Gasteiger partial charge in [0.05, 0.1) is 23.6 Å². The van der Waals surface area contributed by atoms with Crippen LogP contribution in [-0.2, 0) is 0 Å². The third-order valence-electron chi connectivity index (χ3n) is 3.45. The lowest BCUT2D eigenvalue weighted by Crippen LogP contribution is -2.13. The molecule has 0 radical (unpaired) electrons. The fourth-order valence-corrected chi connectivity index (χ4v) is 2.40. The molecule has 0 aliphatic carbocycles. The van der Waals surface area contributed by atoms with E-state index in [1.54, 1.807) is 0 Å². The Morgan fingerprint density at radius 2 is 2.10 bits per heavy atom. The molecule has 1 aromatic heterocycles. The summed E-state index contributed by atoms with van der Waals surface area (Å²) in [7, 11) is 3.89. The molecule has 0 amide bonds. The molecule has 0 unspecified atom stereocenters. The molecule has 0 atom stereocenters. The van der Waals surface area contributed by atoms with Gasteiger partial charge in [-0.1, -0.05) is 25.5 Å². The van der Waals surface area contributed by atoms with Crippen molar-refractivity contribution >= 4 is 16.6 Å². The van der Waals surface area contributed by atoms with Crippen molar-refractivity contribution in [1.82, 2.24) is 4.98 Å². The van der Waals surface area contributed by atoms with Gasteiger partial charge in [0.2, 0.25) is 0 Å². The molecule has 0 fully saturated rings. The maximum Gasteiger partial charge on any atom is 0.145 e. The SMILES string of the molecule is CCCCOc1cccc2c(N(C)C)c(C#N)c(C)nc12. The highest BCUT2D eigenvalue weighted by Gasteiger charge is 2.16. The van der Waals surface area contributed by atoms with E-state index in [0.717, 1.165) is 40.9 Å². The highest BCUT2D eigenvalue weighted by atomic mass is 16.5. The minimum absolute atomic E-state index is 0.623. The molecule has 110 valence electrons. The van der Waals surface area contributed by atoms with Crippen LogP contribution < -0.4 is 9.64 Å². The Morgan fingerprint density at radius 1 is 1.33 bits per heavy atom. The van der Waals surface area contributed by atoms with Crippen molar-refractivity contribution in [2.75, 3.05) is 25.6 Å². The summed E-state index contributed by atoms with van der Waals surface area (Å²) in [5.41, 5.74) is 3.09. The number of rotatable bonds is 5. The first-order valence-electron chi connectivity index (χ1n) is 7.23. The van der Waals surface area contributed by atoms with E-state index in [0.29, 0.717) is 12.2 Å². The first-order chi connectivity index (χ1) is 10.1. The Labute approximate surface area is 126 Å². The normalized spacial score (nSPS) is 10.4. The summed E-state index contributed by atoms with van der Waals surface area (Å²) in [6, 6.07) is 8.15. The molecular weight excluding hydrogens is 262 g/mol. The maximum absolute atomic E-state index is 9.40. The Bertz CT molecular complexity index is 686. The zero-order chi connectivity index (χ0) is 15.4. The van der Waals surface area contributed by atoms with Crippen LogP contribution in [0.2, 0.25) is 0 Å². The van der Waals surface area contributed by atoms with E-state index in [4.69, 9.17) is 4.74 Å². The van der Waals surface area contributed by atoms with E-state index in [1.165, 1.54) is 0 Å². The number of nitrogens with zero attached hydrogens (tertiary/aromatic N) is 3. The maximum atomic E-state index is 9.40. The van der Waals surface area contributed by atoms with Crippen molar-refractivity contribution in [1.29, 1.82) is 5.26 Å². The van der Waals surface area contributed by atoms with E-state index in [9.17, 15) is 5.26 Å². The van der Waals surface area contributed by atoms with Crippen LogP contribution in [0, 0.1) is 18.3 Å². The van der Waals surface area contributed by atoms with Crippen molar-refractivity contribution in [2.45, 2.75) is 26.7 Å². The molecule has 0 saturated heterocycles. The number of aromatic nitrogens is 1. The zero-order valence-electron chi connectivity index (χ0n) is 13.1. The van der Waals surface area contributed by atoms with Crippen LogP contribution in [0.1, 0.15) is 31.0 Å². The number of hydrogen-bond acceptors (Lipinski definition) is 4. The molecule has 1 aromatic carbocycles. The lowest BCUT2D eigenvalue weighted by atomic mass is 10.1. The Balaban J connectivity index is 2.64. The lowest BCUT2D eigenvalue weighted by Gasteiger charge is -2.19. The molecule has 1 heterocycles. The Morgan fingerprint density at radius 3 is 2.71 bits per heavy atom. The van der Waals surface area contributed by atoms with Gasteiger partial charge in [-0.2, -0.15) is 5.26 Å². The summed E-state index contributed by atoms with van der Waals surface area (Å²) in [5, 5.41) is 10.4. The molecule has 2 rings (SSSR count). The van der Waals surface area contributed by atoms with Gasteiger partial charge < -0.3 is 9.64 Å². The van der Waals surface area contributed by atoms with Crippen LogP contribution in [0.15, 0.2) is 18.2 Å². The number of benzene rings is 1. The summed E-state index contributed by atoms with van der Waals surface area (Å²) >= 11 is 0. The number of ether oxygens (including phenoxy) is 1. The summed E-state index contributed by atoms with van der Waals surface area (Å²) in [6.07, 6.45) is 2.12. The van der Waals surface area contributed by atoms with Crippen LogP contribution in [0.25, 0.3) is 10.9 Å². The van der Waals surface area contributed by atoms with E-state index < -0.39 is 0 Å². The van der Waals surface area contributed by atoms with E-state index in [-0.39, 0.29) is 0 Å². The standard InChI is InChI=1S/C17H21N3O/c1-5-6-10-21-15-9-7-8-13-16(15)19-12(2)14(11-18)17(13)20(3)4/h7-9H,5-6,10H2,1-4H3. The van der Waals surface area contributed by atoms with Gasteiger partial charge in [0.25, 0.3) is 0 Å². The number of hydrogen-bond donors (Lipinski definition) is 0. The summed E-state index contributed by atoms with van der Waals surface area (Å²) < 4.78 is 5.86. The zero-order valence-corrected chi connectivity index (χ0v) is 13.1. The average molecular weight is 283 g/mol. The fraction of sp³-hybridized carbons (Fsp3) is 0.412. The molecule has 0 bridgehead atoms. The molecule has 2 aromatic rings. The van der Waals surface area contributed by atoms with Gasteiger partial charge >= 0.3 is 0 Å². The van der Waals surface area contributed by atoms with Crippen molar-refractivity contribution in [3.63, 3.8) is 0 Å². The average Bonchev–Trinajstić information content (AvgIpc) is 2.46. The van der Waals surface area contributed by atoms with Crippen LogP contribution in [0.3, 0.4) is 0 Å². The van der Waals surface area contributed by atoms with Gasteiger partial charge in [-0.25, -0.2) is 4.98 Å². The summed E-state index contributed by atoms with van der Waals surface area (Å²) in [4.78, 5) is 6.56. The van der Waals surface area contributed by atoms with Crippen molar-refractivity contribution in [2.24, 2.45) is 0 Å². The summed E-state index contributed by atoms with van der Waals surface area (Å²) in [5.74, 6) is 0.789. The predicted molar refractivity (Wildman–Crippen MR) is 85.9 cm³/mol. The third kappa shape index (κ3) is 2.92. The predicted octanol–water partition coefficient (Wildman–Crippen LogP) is 3.66. The molecule has 0 aliphatic heterocycles. The van der Waals surface area contributed by atoms with Crippen LogP contribution in [-0.4, -0.2) is 25.7 Å². The van der Waals surface area contributed by atoms with Gasteiger partial charge in [-0.3, -0.25) is 0 Å². The molecule has 0 saturated carbocycles. The van der Waals surface area contributed by atoms with Crippen molar-refractivity contribution < 1.29 is 4.74 Å². The second-order valence-electron chi connectivity index (χ2n) is 5.28. The van der Waals surface area contributed by atoms with Gasteiger partial charge in [0.15, 0.2) is 0 Å². The van der Waals surface area contributed by atoms with Gasteiger partial charge in [-0.15, -0.1) is 0 Å². The van der Waals surface area contributed by atoms with Gasteiger partial charge in [0, 0.05) is 19.5 Å². The first kappa shape index (κ1) is 15.1. The quantitative estimate of drug-likeness (QED) is 0.786. The number of anilines is 1. The first-order valence-corrected chi connectivity index (χ1v) is 7.23. The fourth-order valence-electron chi connectivity index (χ4n) is 2.40. The number of para-hydroxylation sites is 1.